The summed E-state index contributed by atoms with van der Waals surface area (Å²) >= 11 is 0. The van der Waals surface area contributed by atoms with Gasteiger partial charge in [-0.25, -0.2) is 9.59 Å². The van der Waals surface area contributed by atoms with E-state index in [2.05, 4.69) is 5.16 Å². The number of nitrogens with zero attached hydrogens (tertiary/aromatic N) is 1. The van der Waals surface area contributed by atoms with E-state index < -0.39 is 11.9 Å². The zero-order valence-electron chi connectivity index (χ0n) is 16.6. The Labute approximate surface area is 169 Å². The van der Waals surface area contributed by atoms with Crippen molar-refractivity contribution in [2.45, 2.75) is 13.5 Å². The van der Waals surface area contributed by atoms with Crippen molar-refractivity contribution in [3.63, 3.8) is 0 Å². The number of rotatable bonds is 9. The molecule has 0 fully saturated rings. The zero-order valence-corrected chi connectivity index (χ0v) is 16.6. The number of aryl methyl sites for hydroxylation is 1. The highest BCUT2D eigenvalue weighted by Gasteiger charge is 2.16. The molecule has 0 N–H and O–H groups in total. The number of carbonyl (C=O) groups is 2. The minimum atomic E-state index is -0.633. The molecule has 2 aromatic carbocycles. The third-order valence-corrected chi connectivity index (χ3v) is 3.85. The van der Waals surface area contributed by atoms with E-state index in [1.807, 2.05) is 31.2 Å². The van der Waals surface area contributed by atoms with Crippen LogP contribution >= 0.6 is 0 Å². The number of carbonyl (C=O) groups excluding carboxylic acids is 2. The summed E-state index contributed by atoms with van der Waals surface area (Å²) in [6.07, 6.45) is 2.61. The number of ether oxygens (including phenoxy) is 3. The molecule has 7 nitrogen and oxygen atoms in total. The number of esters is 1. The second-order valence-corrected chi connectivity index (χ2v) is 6.02. The van der Waals surface area contributed by atoms with Crippen LogP contribution in [-0.2, 0) is 35.2 Å². The Balaban J connectivity index is 1.94. The van der Waals surface area contributed by atoms with Gasteiger partial charge in [0.15, 0.2) is 0 Å². The molecule has 2 rings (SSSR count). The van der Waals surface area contributed by atoms with Gasteiger partial charge in [-0.3, -0.25) is 0 Å². The lowest BCUT2D eigenvalue weighted by Crippen LogP contribution is -2.10. The molecule has 0 aliphatic heterocycles. The average molecular weight is 397 g/mol. The summed E-state index contributed by atoms with van der Waals surface area (Å²) in [6.45, 7) is 2.06. The monoisotopic (exact) mass is 397 g/mol. The van der Waals surface area contributed by atoms with E-state index >= 15 is 0 Å². The van der Waals surface area contributed by atoms with Crippen LogP contribution < -0.4 is 0 Å². The molecule has 0 amide bonds. The molecule has 0 heterocycles. The van der Waals surface area contributed by atoms with Gasteiger partial charge in [-0.15, -0.1) is 0 Å². The molecule has 0 aliphatic carbocycles. The maximum atomic E-state index is 12.0. The smallest absolute Gasteiger partial charge is 0.360 e. The van der Waals surface area contributed by atoms with Gasteiger partial charge in [0.25, 0.3) is 0 Å². The number of oxime groups is 1. The fourth-order valence-electron chi connectivity index (χ4n) is 2.41. The first-order valence-corrected chi connectivity index (χ1v) is 8.82. The number of hydrogen-bond donors (Lipinski definition) is 0. The van der Waals surface area contributed by atoms with Crippen LogP contribution in [0.25, 0.3) is 5.57 Å². The Bertz CT molecular complexity index is 886. The lowest BCUT2D eigenvalue weighted by atomic mass is 10.0. The van der Waals surface area contributed by atoms with Gasteiger partial charge in [-0.1, -0.05) is 59.3 Å². The summed E-state index contributed by atoms with van der Waals surface area (Å²) in [4.78, 5) is 28.6. The Kier molecular flexibility index (Phi) is 8.59. The lowest BCUT2D eigenvalue weighted by Gasteiger charge is -2.08. The number of benzene rings is 2. The standard InChI is InChI=1S/C22H23NO6/c1-16-8-10-17(11-9-16)13-28-15-21(24)29-23-12-18-6-4-5-7-19(18)20(14-26-2)22(25)27-3/h4-12,14H,13,15H2,1-3H3/b20-14+,23-12?. The minimum absolute atomic E-state index is 0.213. The Morgan fingerprint density at radius 1 is 1.03 bits per heavy atom. The van der Waals surface area contributed by atoms with Gasteiger partial charge in [0.2, 0.25) is 0 Å². The molecule has 0 bridgehead atoms. The largest absolute Gasteiger partial charge is 0.503 e. The van der Waals surface area contributed by atoms with E-state index in [9.17, 15) is 9.59 Å². The van der Waals surface area contributed by atoms with Gasteiger partial charge < -0.3 is 19.0 Å². The molecule has 7 heteroatoms. The second-order valence-electron chi connectivity index (χ2n) is 6.02. The quantitative estimate of drug-likeness (QED) is 0.161. The van der Waals surface area contributed by atoms with E-state index in [0.717, 1.165) is 11.1 Å². The molecule has 0 aliphatic rings. The topological polar surface area (TPSA) is 83.4 Å². The molecular weight excluding hydrogens is 374 g/mol. The van der Waals surface area contributed by atoms with Gasteiger partial charge in [0.1, 0.15) is 12.2 Å². The van der Waals surface area contributed by atoms with Crippen LogP contribution in [0.5, 0.6) is 0 Å². The molecule has 29 heavy (non-hydrogen) atoms. The van der Waals surface area contributed by atoms with Crippen LogP contribution in [-0.4, -0.2) is 39.0 Å². The summed E-state index contributed by atoms with van der Waals surface area (Å²) in [5.74, 6) is -1.19. The van der Waals surface area contributed by atoms with Crippen LogP contribution in [0.15, 0.2) is 59.9 Å². The van der Waals surface area contributed by atoms with Crippen LogP contribution in [0.3, 0.4) is 0 Å². The van der Waals surface area contributed by atoms with Crippen molar-refractivity contribution in [3.05, 3.63) is 77.0 Å². The first-order chi connectivity index (χ1) is 14.0. The van der Waals surface area contributed by atoms with Crippen molar-refractivity contribution < 1.29 is 28.6 Å². The molecule has 152 valence electrons. The third kappa shape index (κ3) is 6.90. The molecule has 0 radical (unpaired) electrons. The predicted molar refractivity (Wildman–Crippen MR) is 108 cm³/mol. The maximum absolute atomic E-state index is 12.0. The fourth-order valence-corrected chi connectivity index (χ4v) is 2.41. The van der Waals surface area contributed by atoms with E-state index in [1.54, 1.807) is 24.3 Å². The highest BCUT2D eigenvalue weighted by Crippen LogP contribution is 2.19. The molecule has 0 aromatic heterocycles. The van der Waals surface area contributed by atoms with E-state index in [-0.39, 0.29) is 12.2 Å². The van der Waals surface area contributed by atoms with Gasteiger partial charge in [-0.05, 0) is 12.5 Å². The summed E-state index contributed by atoms with van der Waals surface area (Å²) in [7, 11) is 2.71. The van der Waals surface area contributed by atoms with Crippen LogP contribution in [0.4, 0.5) is 0 Å². The Morgan fingerprint density at radius 2 is 1.76 bits per heavy atom. The molecular formula is C22H23NO6. The van der Waals surface area contributed by atoms with Crippen molar-refractivity contribution >= 4 is 23.7 Å². The number of methoxy groups -OCH3 is 2. The van der Waals surface area contributed by atoms with Crippen molar-refractivity contribution in [1.82, 2.24) is 0 Å². The molecule has 0 saturated carbocycles. The molecule has 0 spiro atoms. The van der Waals surface area contributed by atoms with Gasteiger partial charge >= 0.3 is 11.9 Å². The predicted octanol–water partition coefficient (Wildman–Crippen LogP) is 3.25. The zero-order chi connectivity index (χ0) is 21.1. The van der Waals surface area contributed by atoms with E-state index in [0.29, 0.717) is 17.7 Å². The summed E-state index contributed by atoms with van der Waals surface area (Å²) in [5, 5.41) is 3.69. The van der Waals surface area contributed by atoms with Crippen LogP contribution in [0, 0.1) is 6.92 Å². The van der Waals surface area contributed by atoms with Gasteiger partial charge in [0.05, 0.1) is 33.3 Å². The summed E-state index contributed by atoms with van der Waals surface area (Å²) in [6, 6.07) is 14.7. The first-order valence-electron chi connectivity index (χ1n) is 8.82. The summed E-state index contributed by atoms with van der Waals surface area (Å²) in [5.41, 5.74) is 3.40. The van der Waals surface area contributed by atoms with Crippen molar-refractivity contribution in [1.29, 1.82) is 0 Å². The highest BCUT2D eigenvalue weighted by atomic mass is 16.7. The van der Waals surface area contributed by atoms with Crippen LogP contribution in [0.2, 0.25) is 0 Å². The normalized spacial score (nSPS) is 11.3. The van der Waals surface area contributed by atoms with E-state index in [4.69, 9.17) is 19.0 Å². The SMILES string of the molecule is CO/C=C(/C(=O)OC)c1ccccc1C=NOC(=O)COCc1ccc(C)cc1. The number of hydrogen-bond acceptors (Lipinski definition) is 7. The minimum Gasteiger partial charge on any atom is -0.503 e. The van der Waals surface area contributed by atoms with E-state index in [1.165, 1.54) is 26.7 Å². The highest BCUT2D eigenvalue weighted by molar-refractivity contribution is 6.18. The molecule has 0 atom stereocenters. The average Bonchev–Trinajstić information content (AvgIpc) is 2.73. The molecule has 2 aromatic rings. The Hall–Kier alpha value is -3.45. The van der Waals surface area contributed by atoms with Crippen molar-refractivity contribution in [2.75, 3.05) is 20.8 Å². The van der Waals surface area contributed by atoms with Crippen molar-refractivity contribution in [3.8, 4) is 0 Å². The Morgan fingerprint density at radius 3 is 2.45 bits per heavy atom. The summed E-state index contributed by atoms with van der Waals surface area (Å²) < 4.78 is 15.1. The lowest BCUT2D eigenvalue weighted by molar-refractivity contribution is -0.149. The van der Waals surface area contributed by atoms with Crippen LogP contribution in [0.1, 0.15) is 22.3 Å². The molecule has 0 unspecified atom stereocenters. The van der Waals surface area contributed by atoms with Gasteiger partial charge in [0, 0.05) is 11.1 Å². The van der Waals surface area contributed by atoms with Crippen molar-refractivity contribution in [2.24, 2.45) is 5.16 Å². The second kappa shape index (κ2) is 11.4. The first kappa shape index (κ1) is 21.8. The molecule has 0 saturated heterocycles. The fraction of sp³-hybridized carbons (Fsp3) is 0.227. The third-order valence-electron chi connectivity index (χ3n) is 3.85. The maximum Gasteiger partial charge on any atom is 0.360 e. The van der Waals surface area contributed by atoms with Gasteiger partial charge in [-0.2, -0.15) is 0 Å².